The molecule has 2 aromatic rings. The second-order valence-corrected chi connectivity index (χ2v) is 7.52. The second kappa shape index (κ2) is 9.53. The van der Waals surface area contributed by atoms with Crippen LogP contribution in [0.25, 0.3) is 0 Å². The Kier molecular flexibility index (Phi) is 7.39. The van der Waals surface area contributed by atoms with E-state index < -0.39 is 16.1 Å². The lowest BCUT2D eigenvalue weighted by molar-refractivity contribution is 0.104. The summed E-state index contributed by atoms with van der Waals surface area (Å²) in [5.41, 5.74) is 0. The molecule has 0 saturated heterocycles. The molecule has 3 N–H and O–H groups in total. The van der Waals surface area contributed by atoms with Gasteiger partial charge in [0.25, 0.3) is 0 Å². The van der Waals surface area contributed by atoms with Crippen molar-refractivity contribution in [2.45, 2.75) is 24.0 Å². The van der Waals surface area contributed by atoms with Gasteiger partial charge in [0.1, 0.15) is 18.5 Å². The fraction of sp³-hybridized carbons (Fsp3) is 0.333. The summed E-state index contributed by atoms with van der Waals surface area (Å²) in [6.45, 7) is 2.54. The van der Waals surface area contributed by atoms with E-state index in [1.165, 1.54) is 0 Å². The summed E-state index contributed by atoms with van der Waals surface area (Å²) in [5, 5.41) is 13.0. The zero-order valence-electron chi connectivity index (χ0n) is 14.1. The minimum absolute atomic E-state index is 0.134. The van der Waals surface area contributed by atoms with Gasteiger partial charge in [-0.25, -0.2) is 13.1 Å². The van der Waals surface area contributed by atoms with Crippen LogP contribution >= 0.6 is 0 Å². The third-order valence-corrected chi connectivity index (χ3v) is 4.96. The first kappa shape index (κ1) is 19.4. The fourth-order valence-corrected chi connectivity index (χ4v) is 3.25. The smallest absolute Gasteiger partial charge is 0.240 e. The van der Waals surface area contributed by atoms with Crippen LogP contribution in [0.2, 0.25) is 0 Å². The van der Waals surface area contributed by atoms with Crippen molar-refractivity contribution >= 4 is 10.0 Å². The van der Waals surface area contributed by atoms with Gasteiger partial charge in [-0.2, -0.15) is 0 Å². The van der Waals surface area contributed by atoms with Gasteiger partial charge in [-0.05, 0) is 31.2 Å². The predicted molar refractivity (Wildman–Crippen MR) is 97.0 cm³/mol. The number of hydrogen-bond acceptors (Lipinski definition) is 5. The lowest BCUT2D eigenvalue weighted by atomic mass is 10.3. The van der Waals surface area contributed by atoms with Crippen molar-refractivity contribution in [3.63, 3.8) is 0 Å². The lowest BCUT2D eigenvalue weighted by Gasteiger charge is -2.18. The molecule has 0 aliphatic rings. The number of nitrogens with one attached hydrogen (secondary N) is 2. The normalized spacial score (nSPS) is 14.0. The Labute approximate surface area is 148 Å². The molecule has 0 saturated carbocycles. The van der Waals surface area contributed by atoms with E-state index in [4.69, 9.17) is 4.74 Å². The molecule has 0 radical (unpaired) electrons. The van der Waals surface area contributed by atoms with Crippen LogP contribution in [-0.2, 0) is 10.0 Å². The van der Waals surface area contributed by atoms with Crippen LogP contribution < -0.4 is 14.8 Å². The minimum atomic E-state index is -3.52. The Hall–Kier alpha value is -1.93. The van der Waals surface area contributed by atoms with Gasteiger partial charge in [0.05, 0.1) is 4.90 Å². The molecule has 2 unspecified atom stereocenters. The van der Waals surface area contributed by atoms with Crippen LogP contribution in [0.4, 0.5) is 0 Å². The van der Waals surface area contributed by atoms with Crippen molar-refractivity contribution in [3.05, 3.63) is 60.7 Å². The topological polar surface area (TPSA) is 87.7 Å². The van der Waals surface area contributed by atoms with E-state index in [-0.39, 0.29) is 24.1 Å². The van der Waals surface area contributed by atoms with E-state index in [9.17, 15) is 13.5 Å². The Morgan fingerprint density at radius 3 is 2.24 bits per heavy atom. The third-order valence-electron chi connectivity index (χ3n) is 3.52. The summed E-state index contributed by atoms with van der Waals surface area (Å²) in [4.78, 5) is 0.235. The maximum Gasteiger partial charge on any atom is 0.240 e. The zero-order valence-corrected chi connectivity index (χ0v) is 14.9. The molecule has 0 aromatic heterocycles. The molecule has 7 heteroatoms. The van der Waals surface area contributed by atoms with Crippen molar-refractivity contribution in [2.24, 2.45) is 0 Å². The molecule has 2 atom stereocenters. The van der Waals surface area contributed by atoms with Gasteiger partial charge >= 0.3 is 0 Å². The molecule has 25 heavy (non-hydrogen) atoms. The lowest BCUT2D eigenvalue weighted by Crippen LogP contribution is -2.43. The van der Waals surface area contributed by atoms with Crippen LogP contribution in [0.1, 0.15) is 6.92 Å². The number of para-hydroxylation sites is 1. The van der Waals surface area contributed by atoms with Crippen molar-refractivity contribution in [3.8, 4) is 5.75 Å². The van der Waals surface area contributed by atoms with E-state index in [2.05, 4.69) is 10.0 Å². The van der Waals surface area contributed by atoms with Crippen LogP contribution in [0.5, 0.6) is 5.75 Å². The molecule has 136 valence electrons. The molecule has 2 aromatic carbocycles. The standard InChI is InChI=1S/C18H24N2O4S/c1-15(12-20-25(22,23)18-10-6-3-7-11-18)19-13-16(21)14-24-17-8-4-2-5-9-17/h2-11,15-16,19-21H,12-14H2,1H3. The Bertz CT molecular complexity index is 723. The fourth-order valence-electron chi connectivity index (χ4n) is 2.10. The second-order valence-electron chi connectivity index (χ2n) is 5.75. The summed E-state index contributed by atoms with van der Waals surface area (Å²) < 4.78 is 32.3. The van der Waals surface area contributed by atoms with Crippen molar-refractivity contribution in [1.29, 1.82) is 0 Å². The van der Waals surface area contributed by atoms with Crippen LogP contribution in [0.3, 0.4) is 0 Å². The molecule has 0 bridgehead atoms. The molecule has 0 amide bonds. The van der Waals surface area contributed by atoms with E-state index in [0.717, 1.165) is 0 Å². The number of hydrogen-bond donors (Lipinski definition) is 3. The Morgan fingerprint density at radius 2 is 1.60 bits per heavy atom. The molecule has 0 aliphatic heterocycles. The third kappa shape index (κ3) is 6.83. The molecule has 0 fully saturated rings. The Morgan fingerprint density at radius 1 is 1.00 bits per heavy atom. The van der Waals surface area contributed by atoms with Gasteiger partial charge in [-0.3, -0.25) is 0 Å². The van der Waals surface area contributed by atoms with Crippen molar-refractivity contribution < 1.29 is 18.3 Å². The van der Waals surface area contributed by atoms with Gasteiger partial charge < -0.3 is 15.2 Å². The predicted octanol–water partition coefficient (Wildman–Crippen LogP) is 1.38. The first-order valence-electron chi connectivity index (χ1n) is 8.11. The molecule has 6 nitrogen and oxygen atoms in total. The maximum atomic E-state index is 12.1. The van der Waals surface area contributed by atoms with Crippen LogP contribution in [0.15, 0.2) is 65.6 Å². The van der Waals surface area contributed by atoms with Gasteiger partial charge in [0.2, 0.25) is 10.0 Å². The van der Waals surface area contributed by atoms with Gasteiger partial charge in [0, 0.05) is 19.1 Å². The van der Waals surface area contributed by atoms with Gasteiger partial charge in [-0.15, -0.1) is 0 Å². The van der Waals surface area contributed by atoms with E-state index in [0.29, 0.717) is 12.3 Å². The maximum absolute atomic E-state index is 12.1. The first-order valence-corrected chi connectivity index (χ1v) is 9.59. The molecular formula is C18H24N2O4S. The molecule has 0 aliphatic carbocycles. The van der Waals surface area contributed by atoms with Gasteiger partial charge in [0.15, 0.2) is 0 Å². The number of ether oxygens (including phenoxy) is 1. The molecule has 2 rings (SSSR count). The number of sulfonamides is 1. The summed E-state index contributed by atoms with van der Waals surface area (Å²) in [6, 6.07) is 17.3. The van der Waals surface area contributed by atoms with Crippen molar-refractivity contribution in [1.82, 2.24) is 10.0 Å². The monoisotopic (exact) mass is 364 g/mol. The summed E-state index contributed by atoms with van der Waals surface area (Å²) >= 11 is 0. The Balaban J connectivity index is 1.69. The highest BCUT2D eigenvalue weighted by Crippen LogP contribution is 2.08. The van der Waals surface area contributed by atoms with Crippen molar-refractivity contribution in [2.75, 3.05) is 19.7 Å². The zero-order chi connectivity index (χ0) is 18.1. The first-order chi connectivity index (χ1) is 12.0. The highest BCUT2D eigenvalue weighted by Gasteiger charge is 2.15. The summed E-state index contributed by atoms with van der Waals surface area (Å²) in [6.07, 6.45) is -0.687. The summed E-state index contributed by atoms with van der Waals surface area (Å²) in [7, 11) is -3.52. The number of rotatable bonds is 10. The van der Waals surface area contributed by atoms with E-state index in [1.807, 2.05) is 37.3 Å². The number of aliphatic hydroxyl groups excluding tert-OH is 1. The molecular weight excluding hydrogens is 340 g/mol. The number of benzene rings is 2. The highest BCUT2D eigenvalue weighted by atomic mass is 32.2. The van der Waals surface area contributed by atoms with Gasteiger partial charge in [-0.1, -0.05) is 36.4 Å². The van der Waals surface area contributed by atoms with E-state index >= 15 is 0 Å². The average Bonchev–Trinajstić information content (AvgIpc) is 2.64. The molecule has 0 spiro atoms. The van der Waals surface area contributed by atoms with Crippen LogP contribution in [0, 0.1) is 0 Å². The largest absolute Gasteiger partial charge is 0.491 e. The highest BCUT2D eigenvalue weighted by molar-refractivity contribution is 7.89. The van der Waals surface area contributed by atoms with Crippen LogP contribution in [-0.4, -0.2) is 45.4 Å². The SMILES string of the molecule is CC(CNS(=O)(=O)c1ccccc1)NCC(O)COc1ccccc1. The average molecular weight is 364 g/mol. The van der Waals surface area contributed by atoms with E-state index in [1.54, 1.807) is 30.3 Å². The quantitative estimate of drug-likeness (QED) is 0.593. The summed E-state index contributed by atoms with van der Waals surface area (Å²) in [5.74, 6) is 0.699. The number of aliphatic hydroxyl groups is 1. The molecule has 0 heterocycles. The minimum Gasteiger partial charge on any atom is -0.491 e.